The highest BCUT2D eigenvalue weighted by Crippen LogP contribution is 2.21. The summed E-state index contributed by atoms with van der Waals surface area (Å²) in [5.41, 5.74) is 1.75. The molecule has 2 N–H and O–H groups in total. The fraction of sp³-hybridized carbons (Fsp3) is 0.176. The SMILES string of the molecule is OC(CNc1nnc(Cc2ccc(F)cc2)s1)c1ccc(Cl)cc1. The fourth-order valence-electron chi connectivity index (χ4n) is 2.16. The minimum Gasteiger partial charge on any atom is -0.387 e. The number of nitrogens with zero attached hydrogens (tertiary/aromatic N) is 2. The Morgan fingerprint density at radius 3 is 2.50 bits per heavy atom. The first-order valence-electron chi connectivity index (χ1n) is 7.34. The second-order valence-corrected chi connectivity index (χ2v) is 6.75. The van der Waals surface area contributed by atoms with E-state index in [1.807, 2.05) is 0 Å². The lowest BCUT2D eigenvalue weighted by Gasteiger charge is -2.11. The normalized spacial score (nSPS) is 12.1. The smallest absolute Gasteiger partial charge is 0.205 e. The van der Waals surface area contributed by atoms with Gasteiger partial charge in [-0.15, -0.1) is 10.2 Å². The van der Waals surface area contributed by atoms with E-state index in [0.29, 0.717) is 23.1 Å². The molecule has 2 aromatic carbocycles. The molecule has 1 unspecified atom stereocenters. The van der Waals surface area contributed by atoms with Crippen molar-refractivity contribution < 1.29 is 9.50 Å². The molecule has 0 radical (unpaired) electrons. The molecule has 3 aromatic rings. The van der Waals surface area contributed by atoms with Crippen LogP contribution in [-0.4, -0.2) is 21.8 Å². The summed E-state index contributed by atoms with van der Waals surface area (Å²) < 4.78 is 12.9. The van der Waals surface area contributed by atoms with Crippen LogP contribution in [0.2, 0.25) is 5.02 Å². The Morgan fingerprint density at radius 1 is 1.08 bits per heavy atom. The molecule has 0 aliphatic heterocycles. The number of nitrogens with one attached hydrogen (secondary N) is 1. The number of hydrogen-bond acceptors (Lipinski definition) is 5. The van der Waals surface area contributed by atoms with Crippen molar-refractivity contribution >= 4 is 28.1 Å². The Balaban J connectivity index is 1.55. The first-order chi connectivity index (χ1) is 11.6. The van der Waals surface area contributed by atoms with Crippen LogP contribution in [0.5, 0.6) is 0 Å². The number of rotatable bonds is 6. The van der Waals surface area contributed by atoms with Gasteiger partial charge in [0.05, 0.1) is 6.10 Å². The average Bonchev–Trinajstić information content (AvgIpc) is 3.03. The average molecular weight is 364 g/mol. The van der Waals surface area contributed by atoms with Gasteiger partial charge in [-0.1, -0.05) is 47.2 Å². The maximum absolute atomic E-state index is 12.9. The molecule has 0 bridgehead atoms. The zero-order valence-electron chi connectivity index (χ0n) is 12.6. The number of benzene rings is 2. The Kier molecular flexibility index (Phi) is 5.40. The van der Waals surface area contributed by atoms with Crippen molar-refractivity contribution in [2.45, 2.75) is 12.5 Å². The minimum atomic E-state index is -0.660. The van der Waals surface area contributed by atoms with Crippen LogP contribution in [0.4, 0.5) is 9.52 Å². The lowest BCUT2D eigenvalue weighted by atomic mass is 10.1. The zero-order chi connectivity index (χ0) is 16.9. The molecule has 0 spiro atoms. The lowest BCUT2D eigenvalue weighted by Crippen LogP contribution is -2.11. The summed E-state index contributed by atoms with van der Waals surface area (Å²) in [5, 5.41) is 23.5. The molecule has 0 aliphatic rings. The van der Waals surface area contributed by atoms with Crippen LogP contribution in [0.25, 0.3) is 0 Å². The molecule has 0 saturated carbocycles. The highest BCUT2D eigenvalue weighted by atomic mass is 35.5. The molecule has 4 nitrogen and oxygen atoms in total. The van der Waals surface area contributed by atoms with Gasteiger partial charge in [-0.2, -0.15) is 0 Å². The van der Waals surface area contributed by atoms with Crippen LogP contribution in [0.15, 0.2) is 48.5 Å². The first kappa shape index (κ1) is 16.8. The molecular formula is C17H15ClFN3OS. The molecule has 0 aliphatic carbocycles. The number of anilines is 1. The summed E-state index contributed by atoms with van der Waals surface area (Å²) in [6, 6.07) is 13.4. The van der Waals surface area contributed by atoms with Gasteiger partial charge in [-0.3, -0.25) is 0 Å². The van der Waals surface area contributed by atoms with Crippen LogP contribution in [0, 0.1) is 5.82 Å². The highest BCUT2D eigenvalue weighted by Gasteiger charge is 2.10. The molecule has 1 aromatic heterocycles. The van der Waals surface area contributed by atoms with Crippen LogP contribution < -0.4 is 5.32 Å². The van der Waals surface area contributed by atoms with Crippen LogP contribution in [0.3, 0.4) is 0 Å². The Labute approximate surface area is 148 Å². The lowest BCUT2D eigenvalue weighted by molar-refractivity contribution is 0.191. The predicted octanol–water partition coefficient (Wildman–Crippen LogP) is 4.07. The summed E-state index contributed by atoms with van der Waals surface area (Å²) in [5.74, 6) is -0.255. The van der Waals surface area contributed by atoms with E-state index in [2.05, 4.69) is 15.5 Å². The molecule has 0 saturated heterocycles. The van der Waals surface area contributed by atoms with Crippen LogP contribution in [-0.2, 0) is 6.42 Å². The second-order valence-electron chi connectivity index (χ2n) is 5.25. The van der Waals surface area contributed by atoms with Crippen molar-refractivity contribution in [1.82, 2.24) is 10.2 Å². The van der Waals surface area contributed by atoms with Gasteiger partial charge in [0.2, 0.25) is 5.13 Å². The summed E-state index contributed by atoms with van der Waals surface area (Å²) >= 11 is 7.24. The summed E-state index contributed by atoms with van der Waals surface area (Å²) in [6.45, 7) is 0.326. The van der Waals surface area contributed by atoms with E-state index in [4.69, 9.17) is 11.6 Å². The van der Waals surface area contributed by atoms with Gasteiger partial charge in [-0.25, -0.2) is 4.39 Å². The monoisotopic (exact) mass is 363 g/mol. The van der Waals surface area contributed by atoms with Crippen molar-refractivity contribution in [2.75, 3.05) is 11.9 Å². The van der Waals surface area contributed by atoms with E-state index in [1.54, 1.807) is 36.4 Å². The van der Waals surface area contributed by atoms with E-state index in [9.17, 15) is 9.50 Å². The Bertz CT molecular complexity index is 792. The van der Waals surface area contributed by atoms with E-state index in [0.717, 1.165) is 16.1 Å². The van der Waals surface area contributed by atoms with Gasteiger partial charge in [0.1, 0.15) is 10.8 Å². The quantitative estimate of drug-likeness (QED) is 0.693. The van der Waals surface area contributed by atoms with Crippen molar-refractivity contribution in [3.05, 3.63) is 75.5 Å². The molecule has 124 valence electrons. The zero-order valence-corrected chi connectivity index (χ0v) is 14.2. The predicted molar refractivity (Wildman–Crippen MR) is 94.0 cm³/mol. The number of aliphatic hydroxyl groups is 1. The Morgan fingerprint density at radius 2 is 1.79 bits per heavy atom. The van der Waals surface area contributed by atoms with Gasteiger partial charge in [0, 0.05) is 18.0 Å². The van der Waals surface area contributed by atoms with Gasteiger partial charge in [-0.05, 0) is 35.4 Å². The van der Waals surface area contributed by atoms with Gasteiger partial charge in [0.25, 0.3) is 0 Å². The number of aromatic nitrogens is 2. The van der Waals surface area contributed by atoms with Crippen molar-refractivity contribution in [2.24, 2.45) is 0 Å². The standard InChI is InChI=1S/C17H15ClFN3OS/c18-13-5-3-12(4-6-13)15(23)10-20-17-22-21-16(24-17)9-11-1-7-14(19)8-2-11/h1-8,15,23H,9-10H2,(H,20,22). The van der Waals surface area contributed by atoms with Gasteiger partial charge in [0.15, 0.2) is 0 Å². The van der Waals surface area contributed by atoms with Crippen molar-refractivity contribution in [3.63, 3.8) is 0 Å². The molecule has 1 atom stereocenters. The number of halogens is 2. The van der Waals surface area contributed by atoms with Crippen LogP contribution in [0.1, 0.15) is 22.2 Å². The van der Waals surface area contributed by atoms with E-state index >= 15 is 0 Å². The van der Waals surface area contributed by atoms with E-state index < -0.39 is 6.10 Å². The third kappa shape index (κ3) is 4.50. The summed E-state index contributed by atoms with van der Waals surface area (Å²) in [7, 11) is 0. The Hall–Kier alpha value is -2.02. The van der Waals surface area contributed by atoms with Crippen molar-refractivity contribution in [1.29, 1.82) is 0 Å². The van der Waals surface area contributed by atoms with E-state index in [1.165, 1.54) is 23.5 Å². The maximum atomic E-state index is 12.9. The van der Waals surface area contributed by atoms with Crippen LogP contribution >= 0.6 is 22.9 Å². The van der Waals surface area contributed by atoms with Gasteiger partial charge >= 0.3 is 0 Å². The molecule has 7 heteroatoms. The van der Waals surface area contributed by atoms with E-state index in [-0.39, 0.29) is 5.82 Å². The second kappa shape index (κ2) is 7.70. The largest absolute Gasteiger partial charge is 0.387 e. The maximum Gasteiger partial charge on any atom is 0.205 e. The summed E-state index contributed by atoms with van der Waals surface area (Å²) in [4.78, 5) is 0. The van der Waals surface area contributed by atoms with Crippen molar-refractivity contribution in [3.8, 4) is 0 Å². The molecule has 0 fully saturated rings. The number of hydrogen-bond donors (Lipinski definition) is 2. The highest BCUT2D eigenvalue weighted by molar-refractivity contribution is 7.15. The number of aliphatic hydroxyl groups excluding tert-OH is 1. The van der Waals surface area contributed by atoms with Gasteiger partial charge < -0.3 is 10.4 Å². The minimum absolute atomic E-state index is 0.255. The molecule has 3 rings (SSSR count). The topological polar surface area (TPSA) is 58.0 Å². The first-order valence-corrected chi connectivity index (χ1v) is 8.54. The molecule has 0 amide bonds. The molecule has 24 heavy (non-hydrogen) atoms. The third-order valence-electron chi connectivity index (χ3n) is 3.44. The summed E-state index contributed by atoms with van der Waals surface area (Å²) in [6.07, 6.45) is -0.0639. The fourth-order valence-corrected chi connectivity index (χ4v) is 3.07. The molecule has 1 heterocycles. The third-order valence-corrected chi connectivity index (χ3v) is 4.57. The molecular weight excluding hydrogens is 349 g/mol.